The highest BCUT2D eigenvalue weighted by atomic mass is 16.1. The Bertz CT molecular complexity index is 1580. The van der Waals surface area contributed by atoms with Gasteiger partial charge in [-0.15, -0.1) is 0 Å². The number of rotatable bonds is 4. The molecule has 3 aliphatic heterocycles. The van der Waals surface area contributed by atoms with E-state index in [4.69, 9.17) is 0 Å². The molecule has 0 saturated carbocycles. The topological polar surface area (TPSA) is 121 Å². The summed E-state index contributed by atoms with van der Waals surface area (Å²) in [6, 6.07) is 13.6. The molecule has 0 unspecified atom stereocenters. The lowest BCUT2D eigenvalue weighted by atomic mass is 9.86. The largest absolute Gasteiger partial charge is 0.369 e. The van der Waals surface area contributed by atoms with E-state index in [9.17, 15) is 10.1 Å². The molecule has 1 amide bonds. The van der Waals surface area contributed by atoms with Crippen molar-refractivity contribution in [2.45, 2.75) is 32.7 Å². The maximum absolute atomic E-state index is 13.0. The lowest BCUT2D eigenvalue weighted by Gasteiger charge is -2.19. The van der Waals surface area contributed by atoms with Crippen LogP contribution >= 0.6 is 0 Å². The Kier molecular flexibility index (Phi) is 5.72. The zero-order valence-electron chi connectivity index (χ0n) is 20.6. The number of hydrogen-bond donors (Lipinski definition) is 2. The zero-order chi connectivity index (χ0) is 25.4. The number of nitriles is 1. The van der Waals surface area contributed by atoms with Crippen molar-refractivity contribution in [3.8, 4) is 28.6 Å². The maximum atomic E-state index is 13.0. The standard InChI is InChI=1S/C27H26N8O/c1-16-5-6-19(33-25(36)22-12-18(7-8-30-22)27(2,3)15-28)13-20(16)21-11-17-14-32-26(29-4)34-23(17)35-10-9-31-24(21)35/h5-8,11-14,31H,9-10H2,1-4H3,(H,33,36). The van der Waals surface area contributed by atoms with Crippen LogP contribution in [-0.2, 0) is 12.0 Å². The number of amides is 1. The Hall–Kier alpha value is -4.58. The number of anilines is 2. The summed E-state index contributed by atoms with van der Waals surface area (Å²) < 4.78 is 2.15. The average molecular weight is 479 g/mol. The van der Waals surface area contributed by atoms with E-state index in [0.717, 1.165) is 52.5 Å². The first-order valence-corrected chi connectivity index (χ1v) is 11.7. The Morgan fingerprint density at radius 2 is 2.03 bits per heavy atom. The molecule has 1 aromatic carbocycles. The van der Waals surface area contributed by atoms with E-state index in [2.05, 4.69) is 47.3 Å². The number of carbonyl (C=O) groups is 1. The van der Waals surface area contributed by atoms with Crippen LogP contribution in [0.15, 0.2) is 53.8 Å². The number of hydrogen-bond acceptors (Lipinski definition) is 7. The molecule has 3 aliphatic rings. The quantitative estimate of drug-likeness (QED) is 0.461. The highest BCUT2D eigenvalue weighted by Crippen LogP contribution is 2.38. The first kappa shape index (κ1) is 23.2. The molecule has 0 spiro atoms. The molecular formula is C27H26N8O. The van der Waals surface area contributed by atoms with Gasteiger partial charge in [0.1, 0.15) is 17.3 Å². The third kappa shape index (κ3) is 4.07. The summed E-state index contributed by atoms with van der Waals surface area (Å²) in [7, 11) is 1.68. The molecule has 0 aliphatic carbocycles. The second-order valence-electron chi connectivity index (χ2n) is 9.31. The van der Waals surface area contributed by atoms with E-state index >= 15 is 0 Å². The Morgan fingerprint density at radius 3 is 2.81 bits per heavy atom. The third-order valence-corrected chi connectivity index (χ3v) is 6.47. The molecule has 4 heterocycles. The third-order valence-electron chi connectivity index (χ3n) is 6.47. The summed E-state index contributed by atoms with van der Waals surface area (Å²) in [6.45, 7) is 7.25. The van der Waals surface area contributed by atoms with E-state index in [0.29, 0.717) is 11.3 Å². The van der Waals surface area contributed by atoms with Crippen LogP contribution in [0, 0.1) is 18.3 Å². The van der Waals surface area contributed by atoms with E-state index in [1.807, 2.05) is 39.0 Å². The fourth-order valence-electron chi connectivity index (χ4n) is 4.37. The lowest BCUT2D eigenvalue weighted by Crippen LogP contribution is -2.18. The molecule has 0 saturated heterocycles. The van der Waals surface area contributed by atoms with Gasteiger partial charge >= 0.3 is 0 Å². The Morgan fingerprint density at radius 1 is 1.19 bits per heavy atom. The fourth-order valence-corrected chi connectivity index (χ4v) is 4.37. The number of aromatic nitrogens is 4. The summed E-state index contributed by atoms with van der Waals surface area (Å²) >= 11 is 0. The predicted octanol–water partition coefficient (Wildman–Crippen LogP) is 3.76. The van der Waals surface area contributed by atoms with Gasteiger partial charge in [0.15, 0.2) is 0 Å². The average Bonchev–Trinajstić information content (AvgIpc) is 3.39. The highest BCUT2D eigenvalue weighted by molar-refractivity contribution is 6.03. The monoisotopic (exact) mass is 478 g/mol. The second-order valence-corrected chi connectivity index (χ2v) is 9.31. The number of benzene rings is 1. The van der Waals surface area contributed by atoms with Crippen molar-refractivity contribution in [1.29, 1.82) is 5.26 Å². The van der Waals surface area contributed by atoms with Gasteiger partial charge in [-0.25, -0.2) is 4.98 Å². The van der Waals surface area contributed by atoms with Gasteiger partial charge < -0.3 is 15.2 Å². The maximum Gasteiger partial charge on any atom is 0.274 e. The van der Waals surface area contributed by atoms with Crippen molar-refractivity contribution in [3.05, 3.63) is 71.2 Å². The van der Waals surface area contributed by atoms with Crippen molar-refractivity contribution in [2.24, 2.45) is 4.99 Å². The molecule has 0 fully saturated rings. The molecule has 2 aromatic rings. The van der Waals surface area contributed by atoms with Gasteiger partial charge in [0, 0.05) is 49.3 Å². The van der Waals surface area contributed by atoms with Gasteiger partial charge in [0.05, 0.1) is 11.5 Å². The summed E-state index contributed by atoms with van der Waals surface area (Å²) in [5, 5.41) is 15.9. The highest BCUT2D eigenvalue weighted by Gasteiger charge is 2.24. The smallest absolute Gasteiger partial charge is 0.274 e. The zero-order valence-corrected chi connectivity index (χ0v) is 20.6. The molecule has 2 N–H and O–H groups in total. The van der Waals surface area contributed by atoms with Crippen LogP contribution in [0.5, 0.6) is 0 Å². The Balaban J connectivity index is 1.53. The van der Waals surface area contributed by atoms with Gasteiger partial charge in [0.2, 0.25) is 5.62 Å². The van der Waals surface area contributed by atoms with Crippen LogP contribution in [0.2, 0.25) is 0 Å². The van der Waals surface area contributed by atoms with Crippen LogP contribution in [-0.4, -0.2) is 39.0 Å². The van der Waals surface area contributed by atoms with Crippen LogP contribution < -0.4 is 16.3 Å². The molecule has 36 heavy (non-hydrogen) atoms. The minimum absolute atomic E-state index is 0.260. The van der Waals surface area contributed by atoms with E-state index in [1.165, 1.54) is 0 Å². The number of nitrogens with zero attached hydrogens (tertiary/aromatic N) is 6. The van der Waals surface area contributed by atoms with Crippen molar-refractivity contribution in [2.75, 3.05) is 24.2 Å². The number of nitrogens with one attached hydrogen (secondary N) is 2. The molecule has 9 nitrogen and oxygen atoms in total. The lowest BCUT2D eigenvalue weighted by molar-refractivity contribution is 0.102. The molecule has 180 valence electrons. The summed E-state index contributed by atoms with van der Waals surface area (Å²) in [5.74, 6) is 1.48. The van der Waals surface area contributed by atoms with Gasteiger partial charge in [0.25, 0.3) is 5.91 Å². The van der Waals surface area contributed by atoms with E-state index in [1.54, 1.807) is 31.6 Å². The first-order chi connectivity index (χ1) is 17.3. The van der Waals surface area contributed by atoms with Gasteiger partial charge in [-0.3, -0.25) is 14.8 Å². The van der Waals surface area contributed by atoms with E-state index in [-0.39, 0.29) is 11.6 Å². The summed E-state index contributed by atoms with van der Waals surface area (Å²) in [5.41, 5.74) is 5.38. The molecule has 0 bridgehead atoms. The molecular weight excluding hydrogens is 452 g/mol. The predicted molar refractivity (Wildman–Crippen MR) is 138 cm³/mol. The van der Waals surface area contributed by atoms with Gasteiger partial charge in [-0.1, -0.05) is 6.07 Å². The van der Waals surface area contributed by atoms with Crippen molar-refractivity contribution >= 4 is 17.4 Å². The van der Waals surface area contributed by atoms with Crippen molar-refractivity contribution < 1.29 is 4.79 Å². The van der Waals surface area contributed by atoms with Gasteiger partial charge in [-0.05, 0) is 67.8 Å². The number of carbonyl (C=O) groups excluding carboxylic acids is 1. The van der Waals surface area contributed by atoms with Crippen LogP contribution in [0.4, 0.5) is 11.5 Å². The van der Waals surface area contributed by atoms with E-state index < -0.39 is 5.41 Å². The fraction of sp³-hybridized carbons (Fsp3) is 0.259. The SMILES string of the molecule is CN=c1ncc2cc(-c3cc(NC(=O)c4cc(C(C)(C)C#N)ccn4)ccc3C)c3n(c-2n1)CCN3. The van der Waals surface area contributed by atoms with Gasteiger partial charge in [-0.2, -0.15) is 10.2 Å². The number of aryl methyl sites for hydroxylation is 1. The summed E-state index contributed by atoms with van der Waals surface area (Å²) in [4.78, 5) is 30.3. The number of fused-ring (bicyclic) bond motifs is 3. The van der Waals surface area contributed by atoms with Crippen molar-refractivity contribution in [1.82, 2.24) is 19.5 Å². The number of pyridine rings is 2. The second kappa shape index (κ2) is 8.89. The minimum Gasteiger partial charge on any atom is -0.369 e. The van der Waals surface area contributed by atoms with Crippen LogP contribution in [0.1, 0.15) is 35.5 Å². The van der Waals surface area contributed by atoms with Crippen LogP contribution in [0.25, 0.3) is 22.5 Å². The van der Waals surface area contributed by atoms with Crippen LogP contribution in [0.3, 0.4) is 0 Å². The molecule has 1 aromatic heterocycles. The normalized spacial score (nSPS) is 13.2. The van der Waals surface area contributed by atoms with Crippen molar-refractivity contribution in [3.63, 3.8) is 0 Å². The molecule has 9 heteroatoms. The molecule has 0 atom stereocenters. The Labute approximate surface area is 208 Å². The first-order valence-electron chi connectivity index (χ1n) is 11.7. The summed E-state index contributed by atoms with van der Waals surface area (Å²) in [6.07, 6.45) is 3.35. The molecule has 0 radical (unpaired) electrons. The minimum atomic E-state index is -0.716. The molecule has 5 rings (SSSR count).